The van der Waals surface area contributed by atoms with E-state index in [1.165, 1.54) is 0 Å². The molecule has 5 heterocycles. The van der Waals surface area contributed by atoms with Crippen LogP contribution in [0, 0.1) is 18.6 Å². The van der Waals surface area contributed by atoms with Crippen LogP contribution >= 0.6 is 11.6 Å². The van der Waals surface area contributed by atoms with Crippen molar-refractivity contribution < 1.29 is 31.4 Å². The molecule has 3 aromatic rings. The number of benzene rings is 1. The van der Waals surface area contributed by atoms with Gasteiger partial charge in [-0.25, -0.2) is 18.7 Å². The quantitative estimate of drug-likeness (QED) is 0.344. The topological polar surface area (TPSA) is 85.5 Å². The molecule has 4 atom stereocenters. The molecule has 2 bridgehead atoms. The average molecular weight is 542 g/mol. The second kappa shape index (κ2) is 8.19. The van der Waals surface area contributed by atoms with Crippen molar-refractivity contribution in [1.29, 1.82) is 0 Å². The summed E-state index contributed by atoms with van der Waals surface area (Å²) in [6, 6.07) is 1.76. The molecule has 6 rings (SSSR count). The first-order valence-corrected chi connectivity index (χ1v) is 12.0. The predicted octanol–water partition coefficient (Wildman–Crippen LogP) is 5.11. The van der Waals surface area contributed by atoms with Crippen LogP contribution < -0.4 is 25.4 Å². The number of alkyl halides is 3. The maximum atomic E-state index is 16.3. The zero-order chi connectivity index (χ0) is 26.4. The number of pyridine rings is 2. The summed E-state index contributed by atoms with van der Waals surface area (Å²) < 4.78 is 80.5. The Morgan fingerprint density at radius 3 is 2.68 bits per heavy atom. The molecule has 0 spiro atoms. The van der Waals surface area contributed by atoms with Crippen molar-refractivity contribution in [3.63, 3.8) is 0 Å². The number of rotatable bonds is 2. The van der Waals surface area contributed by atoms with Gasteiger partial charge in [-0.05, 0) is 32.8 Å². The molecule has 1 aromatic carbocycles. The van der Waals surface area contributed by atoms with Crippen LogP contribution in [-0.4, -0.2) is 47.1 Å². The summed E-state index contributed by atoms with van der Waals surface area (Å²) in [7, 11) is 0. The van der Waals surface area contributed by atoms with Crippen LogP contribution in [0.2, 0.25) is 5.02 Å². The number of hydrogen-bond acceptors (Lipinski definition) is 7. The van der Waals surface area contributed by atoms with E-state index >= 15 is 4.39 Å². The summed E-state index contributed by atoms with van der Waals surface area (Å²) in [5.74, 6) is -3.40. The van der Waals surface area contributed by atoms with Gasteiger partial charge in [-0.2, -0.15) is 0 Å². The number of fused-ring (bicyclic) bond motifs is 5. The van der Waals surface area contributed by atoms with Crippen LogP contribution in [0.1, 0.15) is 25.5 Å². The van der Waals surface area contributed by atoms with Gasteiger partial charge in [0.1, 0.15) is 17.6 Å². The third-order valence-electron chi connectivity index (χ3n) is 7.19. The minimum Gasteiger partial charge on any atom is -0.472 e. The average Bonchev–Trinajstić information content (AvgIpc) is 3.13. The molecule has 7 nitrogen and oxygen atoms in total. The maximum absolute atomic E-state index is 16.3. The van der Waals surface area contributed by atoms with Crippen molar-refractivity contribution in [2.24, 2.45) is 0 Å². The van der Waals surface area contributed by atoms with Gasteiger partial charge in [0, 0.05) is 35.8 Å². The minimum absolute atomic E-state index is 0.0587. The fraction of sp³-hybridized carbons (Fsp3) is 0.417. The zero-order valence-electron chi connectivity index (χ0n) is 19.6. The second-order valence-corrected chi connectivity index (χ2v) is 9.98. The van der Waals surface area contributed by atoms with Crippen molar-refractivity contribution >= 4 is 33.9 Å². The number of aromatic nitrogens is 2. The number of piperazine rings is 1. The van der Waals surface area contributed by atoms with Crippen molar-refractivity contribution in [3.05, 3.63) is 34.5 Å². The molecule has 2 aromatic heterocycles. The maximum Gasteiger partial charge on any atom is 0.573 e. The molecule has 2 saturated heterocycles. The van der Waals surface area contributed by atoms with Gasteiger partial charge in [-0.1, -0.05) is 11.6 Å². The Morgan fingerprint density at radius 2 is 1.95 bits per heavy atom. The van der Waals surface area contributed by atoms with E-state index in [9.17, 15) is 17.6 Å². The lowest BCUT2D eigenvalue weighted by Crippen LogP contribution is -2.62. The highest BCUT2D eigenvalue weighted by molar-refractivity contribution is 6.37. The molecule has 2 fully saturated rings. The summed E-state index contributed by atoms with van der Waals surface area (Å²) in [6.07, 6.45) is -3.82. The van der Waals surface area contributed by atoms with Crippen molar-refractivity contribution in [3.8, 4) is 22.9 Å². The van der Waals surface area contributed by atoms with Crippen LogP contribution in [-0.2, 0) is 0 Å². The van der Waals surface area contributed by atoms with Crippen molar-refractivity contribution in [1.82, 2.24) is 15.3 Å². The molecular weight excluding hydrogens is 521 g/mol. The number of ether oxygens (including phenoxy) is 2. The first kappa shape index (κ1) is 24.2. The Labute approximate surface area is 212 Å². The second-order valence-electron chi connectivity index (χ2n) is 9.60. The Hall–Kier alpha value is -3.12. The molecule has 37 heavy (non-hydrogen) atoms. The van der Waals surface area contributed by atoms with E-state index in [4.69, 9.17) is 22.1 Å². The van der Waals surface area contributed by atoms with Crippen LogP contribution in [0.3, 0.4) is 0 Å². The van der Waals surface area contributed by atoms with Gasteiger partial charge in [0.25, 0.3) is 0 Å². The third kappa shape index (κ3) is 3.80. The number of aryl methyl sites for hydroxylation is 1. The lowest BCUT2D eigenvalue weighted by molar-refractivity contribution is -0.275. The normalized spacial score (nSPS) is 24.6. The molecule has 0 amide bonds. The smallest absolute Gasteiger partial charge is 0.472 e. The van der Waals surface area contributed by atoms with Crippen molar-refractivity contribution in [2.45, 2.75) is 57.3 Å². The monoisotopic (exact) mass is 541 g/mol. The van der Waals surface area contributed by atoms with Gasteiger partial charge in [-0.3, -0.25) is 0 Å². The molecule has 196 valence electrons. The lowest BCUT2D eigenvalue weighted by atomic mass is 9.99. The summed E-state index contributed by atoms with van der Waals surface area (Å²) in [5.41, 5.74) is 4.50. The SMILES string of the molecule is Cc1nc2c3c(nc(-c4cc(N)cc(F)c4OC(F)(F)F)c(F)c3c1Cl)O[C@@H](C)[C@@H]1[C@@H]3CC[C@H](CN21)N3. The lowest BCUT2D eigenvalue weighted by Gasteiger charge is -2.43. The fourth-order valence-corrected chi connectivity index (χ4v) is 5.99. The molecule has 0 radical (unpaired) electrons. The standard InChI is InChI=1S/C24H21ClF5N5O2/c1-8-17(25)15-16-22(32-8)35-7-11-3-4-14(33-11)20(35)9(2)36-23(16)34-19(18(15)27)12-5-10(31)6-13(26)21(12)37-24(28,29)30/h5-6,9,11,14,20,33H,3-4,7,31H2,1-2H3/t9-,11+,14-,20+/m0/s1. The van der Waals surface area contributed by atoms with Gasteiger partial charge >= 0.3 is 6.36 Å². The van der Waals surface area contributed by atoms with Crippen LogP contribution in [0.5, 0.6) is 11.6 Å². The Kier molecular flexibility index (Phi) is 5.36. The van der Waals surface area contributed by atoms with Gasteiger partial charge in [0.05, 0.1) is 27.7 Å². The summed E-state index contributed by atoms with van der Waals surface area (Å²) in [4.78, 5) is 11.0. The van der Waals surface area contributed by atoms with E-state index in [2.05, 4.69) is 24.9 Å². The van der Waals surface area contributed by atoms with E-state index in [0.29, 0.717) is 24.1 Å². The molecular formula is C24H21ClF5N5O2. The van der Waals surface area contributed by atoms with Crippen molar-refractivity contribution in [2.75, 3.05) is 17.2 Å². The number of nitrogen functional groups attached to an aromatic ring is 1. The van der Waals surface area contributed by atoms with Crippen LogP contribution in [0.25, 0.3) is 22.0 Å². The Balaban J connectivity index is 1.65. The predicted molar refractivity (Wildman–Crippen MR) is 127 cm³/mol. The largest absolute Gasteiger partial charge is 0.573 e. The van der Waals surface area contributed by atoms with E-state index in [1.807, 2.05) is 6.92 Å². The van der Waals surface area contributed by atoms with Gasteiger partial charge in [0.2, 0.25) is 5.88 Å². The number of nitrogens with two attached hydrogens (primary N) is 1. The molecule has 0 aliphatic carbocycles. The number of anilines is 2. The molecule has 3 aliphatic heterocycles. The summed E-state index contributed by atoms with van der Waals surface area (Å²) in [6.45, 7) is 4.05. The molecule has 13 heteroatoms. The first-order valence-electron chi connectivity index (χ1n) is 11.7. The minimum atomic E-state index is -5.25. The first-order chi connectivity index (χ1) is 17.4. The summed E-state index contributed by atoms with van der Waals surface area (Å²) in [5, 5.41) is 3.58. The van der Waals surface area contributed by atoms with E-state index in [-0.39, 0.29) is 45.5 Å². The highest BCUT2D eigenvalue weighted by Gasteiger charge is 2.47. The van der Waals surface area contributed by atoms with Gasteiger partial charge in [0.15, 0.2) is 17.4 Å². The number of nitrogens with zero attached hydrogens (tertiary/aromatic N) is 3. The summed E-state index contributed by atoms with van der Waals surface area (Å²) >= 11 is 6.53. The van der Waals surface area contributed by atoms with E-state index < -0.39 is 41.1 Å². The van der Waals surface area contributed by atoms with E-state index in [0.717, 1.165) is 18.9 Å². The Morgan fingerprint density at radius 1 is 1.19 bits per heavy atom. The molecule has 3 aliphatic rings. The van der Waals surface area contributed by atoms with Gasteiger partial charge in [-0.15, -0.1) is 13.2 Å². The Bertz CT molecular complexity index is 1450. The fourth-order valence-electron chi connectivity index (χ4n) is 5.78. The highest BCUT2D eigenvalue weighted by atomic mass is 35.5. The van der Waals surface area contributed by atoms with Crippen LogP contribution in [0.15, 0.2) is 12.1 Å². The third-order valence-corrected chi connectivity index (χ3v) is 7.66. The van der Waals surface area contributed by atoms with Crippen LogP contribution in [0.4, 0.5) is 33.5 Å². The molecule has 3 N–H and O–H groups in total. The number of hydrogen-bond donors (Lipinski definition) is 2. The number of nitrogens with one attached hydrogen (secondary N) is 1. The van der Waals surface area contributed by atoms with E-state index in [1.54, 1.807) is 6.92 Å². The van der Waals surface area contributed by atoms with Gasteiger partial charge < -0.3 is 25.4 Å². The highest BCUT2D eigenvalue weighted by Crippen LogP contribution is 2.48. The molecule has 0 unspecified atom stereocenters. The molecule has 0 saturated carbocycles. The number of halogens is 6. The zero-order valence-corrected chi connectivity index (χ0v) is 20.3.